The maximum Gasteiger partial charge on any atom is 0.373 e. The molecule has 0 amide bonds. The number of nitrogens with zero attached hydrogens (tertiary/aromatic N) is 4. The molecule has 9 rings (SSSR count). The van der Waals surface area contributed by atoms with E-state index in [1.54, 1.807) is 22.5 Å². The fraction of sp³-hybridized carbons (Fsp3) is 0.500. The summed E-state index contributed by atoms with van der Waals surface area (Å²) in [6.07, 6.45) is 17.9. The minimum Gasteiger partial charge on any atom is -0.439 e. The van der Waals surface area contributed by atoms with Gasteiger partial charge in [-0.15, -0.1) is 0 Å². The summed E-state index contributed by atoms with van der Waals surface area (Å²) < 4.78 is 20.6. The van der Waals surface area contributed by atoms with E-state index in [2.05, 4.69) is 96.8 Å². The summed E-state index contributed by atoms with van der Waals surface area (Å²) in [5.41, 5.74) is 13.9. The summed E-state index contributed by atoms with van der Waals surface area (Å²) in [5.74, 6) is 3.30. The average molecular weight is 644 g/mol. The zero-order valence-electron chi connectivity index (χ0n) is 29.8. The van der Waals surface area contributed by atoms with Gasteiger partial charge in [0.05, 0.1) is 22.8 Å². The SMILES string of the molecule is CCn1c2c(c3cc4c(cc31)OC(=CC1CC(=Cc3oc5cc6c(cc5[n+]3C)c3c(n6CC)CCCC3)CC(C)(C)C1)N4C)CCCC2. The Balaban J connectivity index is 1.03. The van der Waals surface area contributed by atoms with Gasteiger partial charge in [-0.2, -0.15) is 4.57 Å². The number of anilines is 1. The Bertz CT molecular complexity index is 2180. The van der Waals surface area contributed by atoms with Gasteiger partial charge in [-0.25, -0.2) is 0 Å². The summed E-state index contributed by atoms with van der Waals surface area (Å²) in [5, 5.41) is 2.85. The Labute approximate surface area is 284 Å². The third kappa shape index (κ3) is 4.61. The van der Waals surface area contributed by atoms with Gasteiger partial charge in [0.15, 0.2) is 11.6 Å². The van der Waals surface area contributed by atoms with Crippen LogP contribution in [0.4, 0.5) is 5.69 Å². The molecule has 1 saturated carbocycles. The molecule has 3 aliphatic carbocycles. The first-order chi connectivity index (χ1) is 23.2. The van der Waals surface area contributed by atoms with Gasteiger partial charge in [-0.1, -0.05) is 19.4 Å². The maximum absolute atomic E-state index is 6.66. The fourth-order valence-electron chi connectivity index (χ4n) is 10.1. The molecule has 0 spiro atoms. The molecule has 5 aromatic rings. The lowest BCUT2D eigenvalue weighted by Crippen LogP contribution is -2.30. The first-order valence-corrected chi connectivity index (χ1v) is 18.7. The standard InChI is InChI=1S/C42H51N4O2/c1-7-45-32-15-11-9-13-28(32)30-20-36-38(22-34(30)45)47-40(43(36)5)18-26-17-27(25-42(3,4)24-26)19-41-44(6)37-21-31-29-14-10-12-16-33(29)46(8-2)35(31)23-39(37)48-41/h18-23,26H,7-17,24-25H2,1-6H3/q+1. The van der Waals surface area contributed by atoms with E-state index in [9.17, 15) is 0 Å². The van der Waals surface area contributed by atoms with E-state index in [1.807, 2.05) is 0 Å². The summed E-state index contributed by atoms with van der Waals surface area (Å²) in [7, 11) is 4.35. The molecule has 0 radical (unpaired) electrons. The zero-order chi connectivity index (χ0) is 32.9. The molecule has 6 nitrogen and oxygen atoms in total. The number of ether oxygens (including phenoxy) is 1. The molecule has 6 heteroatoms. The van der Waals surface area contributed by atoms with Crippen molar-refractivity contribution in [1.29, 1.82) is 0 Å². The lowest BCUT2D eigenvalue weighted by atomic mass is 9.70. The minimum absolute atomic E-state index is 0.194. The molecular formula is C42H51N4O2+. The average Bonchev–Trinajstić information content (AvgIpc) is 3.75. The van der Waals surface area contributed by atoms with Crippen LogP contribution in [0.3, 0.4) is 0 Å². The summed E-state index contributed by atoms with van der Waals surface area (Å²) in [6.45, 7) is 11.4. The van der Waals surface area contributed by atoms with Crippen molar-refractivity contribution in [2.75, 3.05) is 11.9 Å². The molecule has 1 fully saturated rings. The number of oxazole rings is 1. The van der Waals surface area contributed by atoms with Crippen LogP contribution in [-0.2, 0) is 45.8 Å². The van der Waals surface area contributed by atoms with Crippen LogP contribution in [-0.4, -0.2) is 16.2 Å². The Kier molecular flexibility index (Phi) is 6.94. The monoisotopic (exact) mass is 643 g/mol. The van der Waals surface area contributed by atoms with Crippen molar-refractivity contribution in [3.05, 3.63) is 70.2 Å². The van der Waals surface area contributed by atoms with E-state index < -0.39 is 0 Å². The predicted octanol–water partition coefficient (Wildman–Crippen LogP) is 9.54. The van der Waals surface area contributed by atoms with Crippen LogP contribution in [0.5, 0.6) is 5.75 Å². The highest BCUT2D eigenvalue weighted by atomic mass is 16.5. The van der Waals surface area contributed by atoms with Gasteiger partial charge < -0.3 is 23.2 Å². The second-order valence-electron chi connectivity index (χ2n) is 15.9. The van der Waals surface area contributed by atoms with Gasteiger partial charge in [0.1, 0.15) is 7.05 Å². The van der Waals surface area contributed by atoms with Gasteiger partial charge in [-0.05, 0) is 119 Å². The molecule has 4 heterocycles. The second kappa shape index (κ2) is 11.0. The van der Waals surface area contributed by atoms with Crippen LogP contribution >= 0.6 is 0 Å². The number of hydrogen-bond acceptors (Lipinski definition) is 3. The Morgan fingerprint density at radius 2 is 1.52 bits per heavy atom. The van der Waals surface area contributed by atoms with Gasteiger partial charge in [0.2, 0.25) is 5.58 Å². The topological polar surface area (TPSA) is 39.4 Å². The van der Waals surface area contributed by atoms with Gasteiger partial charge in [0, 0.05) is 60.5 Å². The maximum atomic E-state index is 6.66. The lowest BCUT2D eigenvalue weighted by Gasteiger charge is -2.35. The third-order valence-corrected chi connectivity index (χ3v) is 12.1. The molecule has 0 saturated heterocycles. The molecule has 1 aliphatic heterocycles. The number of fused-ring (bicyclic) bond motifs is 8. The lowest BCUT2D eigenvalue weighted by molar-refractivity contribution is -0.652. The quantitative estimate of drug-likeness (QED) is 0.183. The smallest absolute Gasteiger partial charge is 0.373 e. The van der Waals surface area contributed by atoms with Gasteiger partial charge in [0.25, 0.3) is 5.52 Å². The van der Waals surface area contributed by atoms with Crippen molar-refractivity contribution in [3.63, 3.8) is 0 Å². The summed E-state index contributed by atoms with van der Waals surface area (Å²) >= 11 is 0. The molecule has 4 aliphatic rings. The number of hydrogen-bond donors (Lipinski definition) is 0. The summed E-state index contributed by atoms with van der Waals surface area (Å²) in [6, 6.07) is 9.42. The molecule has 0 N–H and O–H groups in total. The van der Waals surface area contributed by atoms with E-state index in [-0.39, 0.29) is 5.41 Å². The first-order valence-electron chi connectivity index (χ1n) is 18.7. The first kappa shape index (κ1) is 30.2. The number of benzene rings is 2. The molecule has 48 heavy (non-hydrogen) atoms. The highest BCUT2D eigenvalue weighted by Crippen LogP contribution is 2.47. The molecule has 1 unspecified atom stereocenters. The molecular weight excluding hydrogens is 592 g/mol. The minimum atomic E-state index is 0.194. The van der Waals surface area contributed by atoms with Crippen LogP contribution in [0.25, 0.3) is 39.0 Å². The van der Waals surface area contributed by atoms with Crippen molar-refractivity contribution in [1.82, 2.24) is 9.13 Å². The number of aryl methyl sites for hydroxylation is 5. The van der Waals surface area contributed by atoms with Crippen molar-refractivity contribution < 1.29 is 13.7 Å². The van der Waals surface area contributed by atoms with E-state index in [0.29, 0.717) is 5.92 Å². The predicted molar refractivity (Wildman–Crippen MR) is 196 cm³/mol. The highest BCUT2D eigenvalue weighted by Gasteiger charge is 2.34. The van der Waals surface area contributed by atoms with Crippen LogP contribution < -0.4 is 14.2 Å². The Morgan fingerprint density at radius 3 is 2.21 bits per heavy atom. The molecule has 3 aromatic heterocycles. The van der Waals surface area contributed by atoms with Crippen molar-refractivity contribution >= 4 is 44.7 Å². The number of rotatable bonds is 4. The van der Waals surface area contributed by atoms with Crippen LogP contribution in [0.15, 0.2) is 46.2 Å². The van der Waals surface area contributed by atoms with E-state index in [1.165, 1.54) is 89.9 Å². The van der Waals surface area contributed by atoms with Crippen LogP contribution in [0.1, 0.15) is 101 Å². The normalized spacial score (nSPS) is 22.2. The highest BCUT2D eigenvalue weighted by molar-refractivity contribution is 5.95. The Morgan fingerprint density at radius 1 is 0.875 bits per heavy atom. The molecule has 250 valence electrons. The van der Waals surface area contributed by atoms with E-state index in [0.717, 1.165) is 55.5 Å². The van der Waals surface area contributed by atoms with Crippen molar-refractivity contribution in [2.45, 2.75) is 111 Å². The number of aromatic nitrogens is 3. The van der Waals surface area contributed by atoms with Crippen LogP contribution in [0, 0.1) is 11.3 Å². The van der Waals surface area contributed by atoms with Crippen LogP contribution in [0.2, 0.25) is 0 Å². The fourth-order valence-corrected chi connectivity index (χ4v) is 10.1. The molecule has 0 bridgehead atoms. The van der Waals surface area contributed by atoms with E-state index in [4.69, 9.17) is 9.15 Å². The van der Waals surface area contributed by atoms with E-state index >= 15 is 0 Å². The largest absolute Gasteiger partial charge is 0.439 e. The molecule has 1 atom stereocenters. The third-order valence-electron chi connectivity index (χ3n) is 12.1. The van der Waals surface area contributed by atoms with Crippen molar-refractivity contribution in [2.24, 2.45) is 18.4 Å². The summed E-state index contributed by atoms with van der Waals surface area (Å²) in [4.78, 5) is 2.28. The Hall–Kier alpha value is -3.93. The van der Waals surface area contributed by atoms with Gasteiger partial charge >= 0.3 is 5.89 Å². The zero-order valence-corrected chi connectivity index (χ0v) is 29.8. The van der Waals surface area contributed by atoms with Gasteiger partial charge in [-0.3, -0.25) is 0 Å². The number of allylic oxidation sites excluding steroid dienone is 2. The second-order valence-corrected chi connectivity index (χ2v) is 15.9. The molecule has 2 aromatic carbocycles. The van der Waals surface area contributed by atoms with Crippen molar-refractivity contribution in [3.8, 4) is 5.75 Å².